The molecule has 1 atom stereocenters. The second kappa shape index (κ2) is 8.04. The molecule has 5 heteroatoms. The van der Waals surface area contributed by atoms with E-state index in [4.69, 9.17) is 9.47 Å². The van der Waals surface area contributed by atoms with Gasteiger partial charge in [-0.2, -0.15) is 0 Å². The van der Waals surface area contributed by atoms with Crippen molar-refractivity contribution in [2.75, 3.05) is 7.11 Å². The van der Waals surface area contributed by atoms with Gasteiger partial charge in [0, 0.05) is 13.0 Å². The highest BCUT2D eigenvalue weighted by Crippen LogP contribution is 2.23. The molecule has 0 aromatic heterocycles. The van der Waals surface area contributed by atoms with E-state index in [-0.39, 0.29) is 18.5 Å². The Kier molecular flexibility index (Phi) is 5.56. The lowest BCUT2D eigenvalue weighted by Crippen LogP contribution is -2.39. The smallest absolute Gasteiger partial charge is 0.329 e. The molecule has 0 radical (unpaired) electrons. The van der Waals surface area contributed by atoms with Crippen LogP contribution in [0.5, 0.6) is 5.75 Å². The van der Waals surface area contributed by atoms with Crippen LogP contribution >= 0.6 is 0 Å². The molecule has 5 nitrogen and oxygen atoms in total. The maximum absolute atomic E-state index is 12.5. The van der Waals surface area contributed by atoms with Gasteiger partial charge in [0.25, 0.3) is 0 Å². The highest BCUT2D eigenvalue weighted by molar-refractivity contribution is 5.88. The van der Waals surface area contributed by atoms with E-state index in [9.17, 15) is 9.59 Å². The lowest BCUT2D eigenvalue weighted by molar-refractivity contribution is -0.153. The SMILES string of the molecule is COc1ccc(COC(=O)[C@@H]2CCC(=O)N2Cc2ccc(C)cc2)cc1. The van der Waals surface area contributed by atoms with Crippen LogP contribution in [0, 0.1) is 6.92 Å². The number of benzene rings is 2. The molecule has 2 aromatic rings. The zero-order valence-corrected chi connectivity index (χ0v) is 15.1. The fourth-order valence-electron chi connectivity index (χ4n) is 3.04. The Hall–Kier alpha value is -2.82. The second-order valence-corrected chi connectivity index (χ2v) is 6.52. The minimum atomic E-state index is -0.512. The third kappa shape index (κ3) is 4.23. The van der Waals surface area contributed by atoms with Gasteiger partial charge in [0.15, 0.2) is 0 Å². The van der Waals surface area contributed by atoms with Gasteiger partial charge in [0.05, 0.1) is 7.11 Å². The summed E-state index contributed by atoms with van der Waals surface area (Å²) in [6.07, 6.45) is 0.889. The van der Waals surface area contributed by atoms with Crippen molar-refractivity contribution in [1.82, 2.24) is 4.90 Å². The average Bonchev–Trinajstić information content (AvgIpc) is 3.02. The molecule has 1 aliphatic rings. The first-order valence-corrected chi connectivity index (χ1v) is 8.71. The van der Waals surface area contributed by atoms with E-state index >= 15 is 0 Å². The van der Waals surface area contributed by atoms with Crippen molar-refractivity contribution >= 4 is 11.9 Å². The van der Waals surface area contributed by atoms with E-state index in [0.29, 0.717) is 19.4 Å². The van der Waals surface area contributed by atoms with Crippen molar-refractivity contribution in [2.24, 2.45) is 0 Å². The van der Waals surface area contributed by atoms with Gasteiger partial charge < -0.3 is 14.4 Å². The van der Waals surface area contributed by atoms with Crippen molar-refractivity contribution in [3.63, 3.8) is 0 Å². The van der Waals surface area contributed by atoms with E-state index < -0.39 is 6.04 Å². The van der Waals surface area contributed by atoms with Crippen LogP contribution in [0.3, 0.4) is 0 Å². The van der Waals surface area contributed by atoms with Gasteiger partial charge in [0.2, 0.25) is 5.91 Å². The summed E-state index contributed by atoms with van der Waals surface area (Å²) in [6.45, 7) is 2.64. The standard InChI is InChI=1S/C21H23NO4/c1-15-3-5-16(6-4-15)13-22-19(11-12-20(22)23)21(24)26-14-17-7-9-18(25-2)10-8-17/h3-10,19H,11-14H2,1-2H3/t19-/m0/s1. The number of nitrogens with zero attached hydrogens (tertiary/aromatic N) is 1. The molecule has 0 spiro atoms. The Labute approximate surface area is 153 Å². The maximum atomic E-state index is 12.5. The predicted molar refractivity (Wildman–Crippen MR) is 97.5 cm³/mol. The summed E-state index contributed by atoms with van der Waals surface area (Å²) in [5, 5.41) is 0. The van der Waals surface area contributed by atoms with Crippen molar-refractivity contribution in [2.45, 2.75) is 39.0 Å². The molecule has 0 N–H and O–H groups in total. The third-order valence-electron chi connectivity index (χ3n) is 4.61. The molecular weight excluding hydrogens is 330 g/mol. The van der Waals surface area contributed by atoms with E-state index in [2.05, 4.69) is 0 Å². The van der Waals surface area contributed by atoms with Crippen molar-refractivity contribution in [3.05, 3.63) is 65.2 Å². The molecule has 0 unspecified atom stereocenters. The number of methoxy groups -OCH3 is 1. The normalized spacial score (nSPS) is 16.6. The van der Waals surface area contributed by atoms with Gasteiger partial charge >= 0.3 is 5.97 Å². The number of carbonyl (C=O) groups is 2. The molecule has 1 heterocycles. The Morgan fingerprint density at radius 2 is 1.73 bits per heavy atom. The summed E-state index contributed by atoms with van der Waals surface area (Å²) in [5.74, 6) is 0.404. The highest BCUT2D eigenvalue weighted by Gasteiger charge is 2.37. The quantitative estimate of drug-likeness (QED) is 0.748. The van der Waals surface area contributed by atoms with Gasteiger partial charge in [-0.05, 0) is 36.6 Å². The zero-order valence-electron chi connectivity index (χ0n) is 15.1. The minimum absolute atomic E-state index is 0.00280. The molecule has 1 saturated heterocycles. The lowest BCUT2D eigenvalue weighted by atomic mass is 10.1. The summed E-state index contributed by atoms with van der Waals surface area (Å²) < 4.78 is 10.6. The summed E-state index contributed by atoms with van der Waals surface area (Å²) in [4.78, 5) is 26.3. The number of ether oxygens (including phenoxy) is 2. The summed E-state index contributed by atoms with van der Waals surface area (Å²) >= 11 is 0. The average molecular weight is 353 g/mol. The van der Waals surface area contributed by atoms with Gasteiger partial charge in [-0.25, -0.2) is 4.79 Å². The van der Waals surface area contributed by atoms with Gasteiger partial charge in [-0.1, -0.05) is 42.0 Å². The molecule has 26 heavy (non-hydrogen) atoms. The molecule has 0 saturated carbocycles. The highest BCUT2D eigenvalue weighted by atomic mass is 16.5. The Bertz CT molecular complexity index is 768. The van der Waals surface area contributed by atoms with Crippen molar-refractivity contribution in [1.29, 1.82) is 0 Å². The number of esters is 1. The summed E-state index contributed by atoms with van der Waals surface area (Å²) in [6, 6.07) is 14.8. The predicted octanol–water partition coefficient (Wildman–Crippen LogP) is 3.24. The largest absolute Gasteiger partial charge is 0.497 e. The van der Waals surface area contributed by atoms with Crippen LogP contribution in [-0.2, 0) is 27.5 Å². The summed E-state index contributed by atoms with van der Waals surface area (Å²) in [7, 11) is 1.61. The first-order chi connectivity index (χ1) is 12.6. The fourth-order valence-corrected chi connectivity index (χ4v) is 3.04. The van der Waals surface area contributed by atoms with E-state index in [0.717, 1.165) is 22.4 Å². The van der Waals surface area contributed by atoms with E-state index in [1.807, 2.05) is 55.5 Å². The number of hydrogen-bond acceptors (Lipinski definition) is 4. The second-order valence-electron chi connectivity index (χ2n) is 6.52. The maximum Gasteiger partial charge on any atom is 0.329 e. The number of hydrogen-bond donors (Lipinski definition) is 0. The third-order valence-corrected chi connectivity index (χ3v) is 4.61. The number of aryl methyl sites for hydroxylation is 1. The molecule has 136 valence electrons. The molecule has 1 aliphatic heterocycles. The monoisotopic (exact) mass is 353 g/mol. The number of likely N-dealkylation sites (tertiary alicyclic amines) is 1. The van der Waals surface area contributed by atoms with Crippen LogP contribution < -0.4 is 4.74 Å². The van der Waals surface area contributed by atoms with Crippen LogP contribution in [0.25, 0.3) is 0 Å². The van der Waals surface area contributed by atoms with E-state index in [1.54, 1.807) is 12.0 Å². The zero-order chi connectivity index (χ0) is 18.5. The molecular formula is C21H23NO4. The molecule has 2 aromatic carbocycles. The molecule has 1 amide bonds. The van der Waals surface area contributed by atoms with Crippen LogP contribution in [0.4, 0.5) is 0 Å². The van der Waals surface area contributed by atoms with Gasteiger partial charge in [-0.3, -0.25) is 4.79 Å². The number of carbonyl (C=O) groups excluding carboxylic acids is 2. The van der Waals surface area contributed by atoms with Gasteiger partial charge in [-0.15, -0.1) is 0 Å². The molecule has 3 rings (SSSR count). The van der Waals surface area contributed by atoms with Gasteiger partial charge in [0.1, 0.15) is 18.4 Å². The fraction of sp³-hybridized carbons (Fsp3) is 0.333. The Morgan fingerprint density at radius 3 is 2.38 bits per heavy atom. The van der Waals surface area contributed by atoms with Crippen LogP contribution in [0.15, 0.2) is 48.5 Å². The topological polar surface area (TPSA) is 55.8 Å². The molecule has 0 aliphatic carbocycles. The summed E-state index contributed by atoms with van der Waals surface area (Å²) in [5.41, 5.74) is 3.06. The van der Waals surface area contributed by atoms with Crippen molar-refractivity contribution in [3.8, 4) is 5.75 Å². The molecule has 1 fully saturated rings. The van der Waals surface area contributed by atoms with Crippen LogP contribution in [-0.4, -0.2) is 29.9 Å². The number of rotatable bonds is 6. The molecule has 0 bridgehead atoms. The first kappa shape index (κ1) is 18.0. The minimum Gasteiger partial charge on any atom is -0.497 e. The van der Waals surface area contributed by atoms with Crippen molar-refractivity contribution < 1.29 is 19.1 Å². The Balaban J connectivity index is 1.61. The lowest BCUT2D eigenvalue weighted by Gasteiger charge is -2.23. The first-order valence-electron chi connectivity index (χ1n) is 8.71. The van der Waals surface area contributed by atoms with E-state index in [1.165, 1.54) is 0 Å². The van der Waals surface area contributed by atoms with Crippen LogP contribution in [0.2, 0.25) is 0 Å². The number of amides is 1. The Morgan fingerprint density at radius 1 is 1.08 bits per heavy atom. The van der Waals surface area contributed by atoms with Crippen LogP contribution in [0.1, 0.15) is 29.5 Å².